The molecule has 0 radical (unpaired) electrons. The largest absolute Gasteiger partial charge is 0.417 e. The van der Waals surface area contributed by atoms with Crippen molar-refractivity contribution in [3.8, 4) is 11.8 Å². The molecule has 4 nitrogen and oxygen atoms in total. The number of azide groups is 1. The van der Waals surface area contributed by atoms with Gasteiger partial charge in [-0.25, -0.2) is 0 Å². The molecule has 0 amide bonds. The fourth-order valence-corrected chi connectivity index (χ4v) is 1.11. The van der Waals surface area contributed by atoms with E-state index < -0.39 is 11.7 Å². The molecular weight excluding hydrogens is 233 g/mol. The number of alkyl halides is 3. The predicted molar refractivity (Wildman–Crippen MR) is 56.7 cm³/mol. The number of rotatable bonds is 1. The summed E-state index contributed by atoms with van der Waals surface area (Å²) in [7, 11) is 0. The molecule has 0 aliphatic carbocycles. The van der Waals surface area contributed by atoms with Crippen LogP contribution in [0.3, 0.4) is 0 Å². The minimum absolute atomic E-state index is 0.0120. The van der Waals surface area contributed by atoms with Gasteiger partial charge in [0.25, 0.3) is 0 Å². The van der Waals surface area contributed by atoms with Crippen LogP contribution < -0.4 is 5.73 Å². The van der Waals surface area contributed by atoms with Gasteiger partial charge in [0.1, 0.15) is 0 Å². The molecule has 1 aromatic rings. The topological polar surface area (TPSA) is 74.8 Å². The number of nitrogen functional groups attached to an aromatic ring is 1. The predicted octanol–water partition coefficient (Wildman–Crippen LogP) is 2.95. The number of benzene rings is 1. The highest BCUT2D eigenvalue weighted by Crippen LogP contribution is 2.32. The first-order valence-electron chi connectivity index (χ1n) is 4.41. The molecule has 0 aliphatic heterocycles. The van der Waals surface area contributed by atoms with Crippen molar-refractivity contribution >= 4 is 5.69 Å². The molecule has 7 heteroatoms. The Kier molecular flexibility index (Phi) is 3.86. The summed E-state index contributed by atoms with van der Waals surface area (Å²) in [5.74, 6) is 4.61. The van der Waals surface area contributed by atoms with E-state index in [1.165, 1.54) is 12.1 Å². The van der Waals surface area contributed by atoms with E-state index in [1.54, 1.807) is 0 Å². The summed E-state index contributed by atoms with van der Waals surface area (Å²) in [5.41, 5.74) is 12.2. The third kappa shape index (κ3) is 3.63. The lowest BCUT2D eigenvalue weighted by Gasteiger charge is -2.09. The first-order valence-corrected chi connectivity index (χ1v) is 4.41. The molecule has 0 aliphatic rings. The molecule has 1 aromatic carbocycles. The van der Waals surface area contributed by atoms with Crippen molar-refractivity contribution < 1.29 is 13.2 Å². The summed E-state index contributed by atoms with van der Waals surface area (Å²) in [4.78, 5) is 2.43. The summed E-state index contributed by atoms with van der Waals surface area (Å²) in [6, 6.07) is 3.33. The molecule has 0 saturated heterocycles. The van der Waals surface area contributed by atoms with E-state index in [4.69, 9.17) is 11.3 Å². The van der Waals surface area contributed by atoms with Gasteiger partial charge < -0.3 is 5.73 Å². The second-order valence-electron chi connectivity index (χ2n) is 2.99. The minimum Gasteiger partial charge on any atom is -0.399 e. The third-order valence-corrected chi connectivity index (χ3v) is 1.79. The molecule has 0 spiro atoms. The zero-order valence-electron chi connectivity index (χ0n) is 8.49. The molecule has 0 saturated carbocycles. The molecule has 0 atom stereocenters. The molecule has 17 heavy (non-hydrogen) atoms. The smallest absolute Gasteiger partial charge is 0.399 e. The van der Waals surface area contributed by atoms with Crippen molar-refractivity contribution in [2.24, 2.45) is 5.11 Å². The van der Waals surface area contributed by atoms with Gasteiger partial charge in [-0.3, -0.25) is 0 Å². The van der Waals surface area contributed by atoms with Crippen LogP contribution >= 0.6 is 0 Å². The van der Waals surface area contributed by atoms with Crippen molar-refractivity contribution in [2.75, 3.05) is 12.3 Å². The van der Waals surface area contributed by atoms with Crippen LogP contribution in [-0.4, -0.2) is 6.54 Å². The van der Waals surface area contributed by atoms with Crippen LogP contribution in [0.2, 0.25) is 0 Å². The van der Waals surface area contributed by atoms with Crippen molar-refractivity contribution in [1.82, 2.24) is 0 Å². The van der Waals surface area contributed by atoms with Gasteiger partial charge in [0.2, 0.25) is 0 Å². The number of anilines is 1. The van der Waals surface area contributed by atoms with Crippen LogP contribution in [-0.2, 0) is 6.18 Å². The molecular formula is C10H7F3N4. The van der Waals surface area contributed by atoms with Crippen molar-refractivity contribution in [3.63, 3.8) is 0 Å². The number of nitrogens with zero attached hydrogens (tertiary/aromatic N) is 3. The Morgan fingerprint density at radius 3 is 2.71 bits per heavy atom. The number of hydrogen-bond acceptors (Lipinski definition) is 2. The van der Waals surface area contributed by atoms with Gasteiger partial charge in [-0.05, 0) is 23.7 Å². The van der Waals surface area contributed by atoms with Gasteiger partial charge in [0, 0.05) is 16.2 Å². The average Bonchev–Trinajstić information content (AvgIpc) is 2.25. The quantitative estimate of drug-likeness (QED) is 0.264. The Hall–Kier alpha value is -2.32. The van der Waals surface area contributed by atoms with Crippen molar-refractivity contribution in [2.45, 2.75) is 6.18 Å². The maximum absolute atomic E-state index is 12.6. The van der Waals surface area contributed by atoms with Gasteiger partial charge in [-0.15, -0.1) is 0 Å². The first kappa shape index (κ1) is 12.7. The lowest BCUT2D eigenvalue weighted by Crippen LogP contribution is -2.08. The van der Waals surface area contributed by atoms with Crippen LogP contribution in [0.15, 0.2) is 23.3 Å². The highest BCUT2D eigenvalue weighted by atomic mass is 19.4. The van der Waals surface area contributed by atoms with Gasteiger partial charge >= 0.3 is 6.18 Å². The molecule has 88 valence electrons. The SMILES string of the molecule is [N-]=[N+]=NCC#Cc1ccc(N)cc1C(F)(F)F. The van der Waals surface area contributed by atoms with E-state index in [-0.39, 0.29) is 17.8 Å². The summed E-state index contributed by atoms with van der Waals surface area (Å²) in [6.07, 6.45) is -4.52. The maximum atomic E-state index is 12.6. The number of hydrogen-bond donors (Lipinski definition) is 1. The Morgan fingerprint density at radius 2 is 2.12 bits per heavy atom. The second-order valence-corrected chi connectivity index (χ2v) is 2.99. The van der Waals surface area contributed by atoms with Crippen LogP contribution in [0, 0.1) is 11.8 Å². The maximum Gasteiger partial charge on any atom is 0.417 e. The molecule has 2 N–H and O–H groups in total. The van der Waals surface area contributed by atoms with E-state index in [0.29, 0.717) is 0 Å². The van der Waals surface area contributed by atoms with E-state index in [9.17, 15) is 13.2 Å². The average molecular weight is 240 g/mol. The lowest BCUT2D eigenvalue weighted by molar-refractivity contribution is -0.137. The van der Waals surface area contributed by atoms with Crippen LogP contribution in [0.5, 0.6) is 0 Å². The first-order chi connectivity index (χ1) is 7.95. The standard InChI is InChI=1S/C10H7F3N4/c11-10(12,13)9-6-8(14)4-3-7(9)2-1-5-16-17-15/h3-4,6H,5,14H2. The van der Waals surface area contributed by atoms with E-state index >= 15 is 0 Å². The van der Waals surface area contributed by atoms with Crippen molar-refractivity contribution in [3.05, 3.63) is 39.8 Å². The zero-order valence-corrected chi connectivity index (χ0v) is 8.49. The Balaban J connectivity index is 3.14. The molecule has 1 rings (SSSR count). The highest BCUT2D eigenvalue weighted by molar-refractivity contribution is 5.51. The summed E-state index contributed by atoms with van der Waals surface area (Å²) in [6.45, 7) is -0.182. The van der Waals surface area contributed by atoms with E-state index in [2.05, 4.69) is 21.9 Å². The van der Waals surface area contributed by atoms with Crippen molar-refractivity contribution in [1.29, 1.82) is 0 Å². The molecule has 0 bridgehead atoms. The Morgan fingerprint density at radius 1 is 1.41 bits per heavy atom. The van der Waals surface area contributed by atoms with Gasteiger partial charge in [0.15, 0.2) is 0 Å². The van der Waals surface area contributed by atoms with E-state index in [0.717, 1.165) is 6.07 Å². The highest BCUT2D eigenvalue weighted by Gasteiger charge is 2.33. The van der Waals surface area contributed by atoms with Gasteiger partial charge in [-0.2, -0.15) is 13.2 Å². The molecule has 0 aromatic heterocycles. The van der Waals surface area contributed by atoms with Crippen LogP contribution in [0.4, 0.5) is 18.9 Å². The van der Waals surface area contributed by atoms with Gasteiger partial charge in [0.05, 0.1) is 12.1 Å². The fourth-order valence-electron chi connectivity index (χ4n) is 1.11. The molecule has 0 heterocycles. The molecule has 0 unspecified atom stereocenters. The lowest BCUT2D eigenvalue weighted by atomic mass is 10.1. The minimum atomic E-state index is -4.52. The second kappa shape index (κ2) is 5.14. The van der Waals surface area contributed by atoms with Crippen LogP contribution in [0.25, 0.3) is 10.4 Å². The summed E-state index contributed by atoms with van der Waals surface area (Å²) in [5, 5.41) is 3.10. The number of halogens is 3. The summed E-state index contributed by atoms with van der Waals surface area (Å²) >= 11 is 0. The van der Waals surface area contributed by atoms with Gasteiger partial charge in [-0.1, -0.05) is 17.0 Å². The Labute approximate surface area is 94.9 Å². The Bertz CT molecular complexity index is 519. The van der Waals surface area contributed by atoms with E-state index in [1.807, 2.05) is 0 Å². The fraction of sp³-hybridized carbons (Fsp3) is 0.200. The monoisotopic (exact) mass is 240 g/mol. The summed E-state index contributed by atoms with van der Waals surface area (Å²) < 4.78 is 37.8. The number of nitrogens with two attached hydrogens (primary N) is 1. The van der Waals surface area contributed by atoms with Crippen LogP contribution in [0.1, 0.15) is 11.1 Å². The third-order valence-electron chi connectivity index (χ3n) is 1.79. The molecule has 0 fully saturated rings. The zero-order chi connectivity index (χ0) is 12.9. The normalized spacial score (nSPS) is 10.1.